The van der Waals surface area contributed by atoms with Crippen molar-refractivity contribution in [2.45, 2.75) is 58.7 Å². The first-order valence-electron chi connectivity index (χ1n) is 10.3. The quantitative estimate of drug-likeness (QED) is 0.179. The summed E-state index contributed by atoms with van der Waals surface area (Å²) < 4.78 is 51.4. The fraction of sp³-hybridized carbons (Fsp3) is 0.393. The molecule has 8 nitrogen and oxygen atoms in total. The van der Waals surface area contributed by atoms with Crippen molar-refractivity contribution in [3.05, 3.63) is 99.8 Å². The number of ketones is 1. The number of carbonyl (C=O) groups excluding carboxylic acids is 1. The third kappa shape index (κ3) is 22.4. The van der Waals surface area contributed by atoms with Crippen LogP contribution in [0.5, 0.6) is 0 Å². The minimum Gasteiger partial charge on any atom is 0 e. The summed E-state index contributed by atoms with van der Waals surface area (Å²) in [4.78, 5) is 12.9. The molecule has 39 heavy (non-hydrogen) atoms. The summed E-state index contributed by atoms with van der Waals surface area (Å²) in [5, 5.41) is 0.125. The standard InChI is InChI=1S/C22H30O2Si.6CO.2Co/c1-17-16-19(24-25(5,6)22(2,3)4)14-10-11-15-20(17)21(23)18-12-8-7-9-13-18;6*1-2;;/h7-9,12-13,16-17,20H,11,15H2,1-6H3;;;;;;;;/b14-10?,19-16+;;;;;;;;/t17-,20+;;;;;;;;/m1......../s1. The summed E-state index contributed by atoms with van der Waals surface area (Å²) in [5.74, 6) is 1.03. The molecule has 0 aromatic heterocycles. The van der Waals surface area contributed by atoms with E-state index in [0.717, 1.165) is 24.2 Å². The van der Waals surface area contributed by atoms with E-state index in [-0.39, 0.29) is 56.2 Å². The van der Waals surface area contributed by atoms with Gasteiger partial charge in [-0.25, -0.2) is 0 Å². The molecule has 0 saturated carbocycles. The van der Waals surface area contributed by atoms with Gasteiger partial charge in [0.15, 0.2) is 5.78 Å². The first-order chi connectivity index (χ1) is 17.6. The van der Waals surface area contributed by atoms with Gasteiger partial charge in [-0.3, -0.25) is 4.79 Å². The molecule has 0 unspecified atom stereocenters. The molecular weight excluding hydrogens is 610 g/mol. The molecule has 1 aliphatic carbocycles. The number of allylic oxidation sites excluding steroid dienone is 3. The molecule has 1 aromatic rings. The van der Waals surface area contributed by atoms with E-state index in [0.29, 0.717) is 0 Å². The summed E-state index contributed by atoms with van der Waals surface area (Å²) in [5.41, 5.74) is 0.785. The molecule has 212 valence electrons. The maximum Gasteiger partial charge on any atom is 0 e. The zero-order valence-electron chi connectivity index (χ0n) is 22.5. The summed E-state index contributed by atoms with van der Waals surface area (Å²) in [6.45, 7) is 40.2. The molecule has 0 fully saturated rings. The molecule has 1 aromatic carbocycles. The van der Waals surface area contributed by atoms with Crippen LogP contribution in [0, 0.1) is 63.9 Å². The smallest absolute Gasteiger partial charge is 0 e. The molecule has 2 rings (SSSR count). The van der Waals surface area contributed by atoms with Gasteiger partial charge in [0.25, 0.3) is 0 Å². The Labute approximate surface area is 254 Å². The second-order valence-electron chi connectivity index (χ2n) is 8.43. The van der Waals surface area contributed by atoms with Crippen molar-refractivity contribution in [3.63, 3.8) is 0 Å². The summed E-state index contributed by atoms with van der Waals surface area (Å²) in [6, 6.07) is 9.58. The Bertz CT molecular complexity index is 876. The van der Waals surface area contributed by atoms with Gasteiger partial charge in [0.05, 0.1) is 0 Å². The van der Waals surface area contributed by atoms with Crippen LogP contribution in [0.15, 0.2) is 42.2 Å². The Kier molecular flexibility index (Phi) is 46.2. The number of benzene rings is 1. The van der Waals surface area contributed by atoms with E-state index in [4.69, 9.17) is 32.3 Å². The predicted molar refractivity (Wildman–Crippen MR) is 129 cm³/mol. The van der Waals surface area contributed by atoms with Gasteiger partial charge in [0, 0.05) is 51.1 Å². The summed E-state index contributed by atoms with van der Waals surface area (Å²) in [6.07, 6.45) is 9.98. The van der Waals surface area contributed by atoms with Gasteiger partial charge in [0.2, 0.25) is 8.32 Å². The normalized spacial score (nSPS) is 15.7. The van der Waals surface area contributed by atoms with Crippen LogP contribution in [0.4, 0.5) is 0 Å². The van der Waals surface area contributed by atoms with E-state index in [1.807, 2.05) is 30.3 Å². The Hall–Kier alpha value is -2.16. The molecule has 0 saturated heterocycles. The molecule has 0 heterocycles. The van der Waals surface area contributed by atoms with E-state index in [9.17, 15) is 4.79 Å². The van der Waals surface area contributed by atoms with E-state index in [1.165, 1.54) is 0 Å². The minimum absolute atomic E-state index is 0. The Morgan fingerprint density at radius 2 is 1.28 bits per heavy atom. The van der Waals surface area contributed by atoms with Crippen molar-refractivity contribution in [1.29, 1.82) is 0 Å². The van der Waals surface area contributed by atoms with Crippen molar-refractivity contribution in [2.24, 2.45) is 11.8 Å². The average Bonchev–Trinajstić information content (AvgIpc) is 2.93. The van der Waals surface area contributed by atoms with Gasteiger partial charge in [-0.05, 0) is 49.0 Å². The second-order valence-corrected chi connectivity index (χ2v) is 13.2. The average molecular weight is 640 g/mol. The zero-order chi connectivity index (χ0) is 30.7. The topological polar surface area (TPSA) is 146 Å². The number of hydrogen-bond acceptors (Lipinski definition) is 2. The van der Waals surface area contributed by atoms with Crippen LogP contribution in [0.25, 0.3) is 0 Å². The van der Waals surface area contributed by atoms with E-state index in [2.05, 4.69) is 98.9 Å². The molecule has 4 radical (unpaired) electrons. The number of hydrogen-bond donors (Lipinski definition) is 0. The molecule has 0 amide bonds. The third-order valence-electron chi connectivity index (χ3n) is 5.41. The Morgan fingerprint density at radius 3 is 1.67 bits per heavy atom. The van der Waals surface area contributed by atoms with Crippen LogP contribution < -0.4 is 0 Å². The Morgan fingerprint density at radius 1 is 0.872 bits per heavy atom. The van der Waals surface area contributed by atoms with Crippen molar-refractivity contribution in [1.82, 2.24) is 0 Å². The molecule has 11 heteroatoms. The van der Waals surface area contributed by atoms with Gasteiger partial charge in [-0.15, -0.1) is 0 Å². The largest absolute Gasteiger partial charge is 0 e. The molecular formula is C28H30Co2O8Si. The van der Waals surface area contributed by atoms with Crippen molar-refractivity contribution < 1.29 is 70.7 Å². The van der Waals surface area contributed by atoms with E-state index < -0.39 is 8.32 Å². The van der Waals surface area contributed by atoms with Gasteiger partial charge >= 0.3 is 67.8 Å². The monoisotopic (exact) mass is 640 g/mol. The fourth-order valence-electron chi connectivity index (χ4n) is 2.71. The number of Topliss-reactive ketones (excluding diaryl/α,β-unsaturated/α-hetero) is 1. The van der Waals surface area contributed by atoms with Gasteiger partial charge in [0.1, 0.15) is 5.76 Å². The van der Waals surface area contributed by atoms with Crippen LogP contribution in [0.2, 0.25) is 18.1 Å². The zero-order valence-corrected chi connectivity index (χ0v) is 25.5. The number of carbonyl (C=O) groups is 1. The first-order valence-corrected chi connectivity index (χ1v) is 13.2. The summed E-state index contributed by atoms with van der Waals surface area (Å²) >= 11 is 0. The van der Waals surface area contributed by atoms with Gasteiger partial charge in [-0.2, -0.15) is 0 Å². The number of rotatable bonds is 4. The van der Waals surface area contributed by atoms with Crippen LogP contribution in [-0.4, -0.2) is 14.1 Å². The third-order valence-corrected chi connectivity index (χ3v) is 9.75. The molecule has 0 aliphatic heterocycles. The van der Waals surface area contributed by atoms with E-state index >= 15 is 0 Å². The van der Waals surface area contributed by atoms with Gasteiger partial charge < -0.3 is 4.43 Å². The molecule has 2 atom stereocenters. The SMILES string of the molecule is C[C@@H]1/C=C(/O[Si](C)(C)C(C)(C)C)[C]=[C]CC[C@@H]1C(=O)c1ccccc1.[C-]#[O+].[C-]#[O+].[C-]#[O+].[C-]#[O+].[C-]#[O+].[C-]#[O+].[Co].[Co]. The Balaban J connectivity index is -0.000000129. The van der Waals surface area contributed by atoms with Crippen molar-refractivity contribution >= 4 is 14.1 Å². The van der Waals surface area contributed by atoms with Crippen molar-refractivity contribution in [3.8, 4) is 0 Å². The summed E-state index contributed by atoms with van der Waals surface area (Å²) in [7, 11) is -1.93. The van der Waals surface area contributed by atoms with Crippen LogP contribution in [0.3, 0.4) is 0 Å². The van der Waals surface area contributed by atoms with Crippen LogP contribution in [0.1, 0.15) is 50.9 Å². The maximum absolute atomic E-state index is 12.9. The van der Waals surface area contributed by atoms with Crippen molar-refractivity contribution in [2.75, 3.05) is 0 Å². The maximum atomic E-state index is 12.9. The predicted octanol–water partition coefficient (Wildman–Crippen LogP) is 5.75. The molecule has 0 spiro atoms. The fourth-order valence-corrected chi connectivity index (χ4v) is 3.69. The second kappa shape index (κ2) is 33.9. The first kappa shape index (κ1) is 53.1. The minimum atomic E-state index is -1.93. The van der Waals surface area contributed by atoms with Crippen LogP contribution >= 0.6 is 0 Å². The van der Waals surface area contributed by atoms with Crippen LogP contribution in [-0.2, 0) is 65.9 Å². The molecule has 1 aliphatic rings. The molecule has 0 N–H and O–H groups in total. The molecule has 0 bridgehead atoms. The van der Waals surface area contributed by atoms with E-state index in [1.54, 1.807) is 0 Å². The van der Waals surface area contributed by atoms with Gasteiger partial charge in [-0.1, -0.05) is 58.0 Å².